The summed E-state index contributed by atoms with van der Waals surface area (Å²) in [4.78, 5) is 4.38. The van der Waals surface area contributed by atoms with E-state index in [2.05, 4.69) is 15.0 Å². The van der Waals surface area contributed by atoms with Gasteiger partial charge in [0, 0.05) is 30.5 Å². The van der Waals surface area contributed by atoms with E-state index < -0.39 is 10.0 Å². The summed E-state index contributed by atoms with van der Waals surface area (Å²) in [5.74, 6) is 1.04. The van der Waals surface area contributed by atoms with Gasteiger partial charge in [-0.25, -0.2) is 18.1 Å². The molecule has 0 radical (unpaired) electrons. The number of hydrogen-bond acceptors (Lipinski definition) is 6. The fourth-order valence-corrected chi connectivity index (χ4v) is 4.26. The molecule has 0 amide bonds. The van der Waals surface area contributed by atoms with Crippen molar-refractivity contribution in [2.75, 3.05) is 13.6 Å². The highest BCUT2D eigenvalue weighted by atomic mass is 32.2. The Labute approximate surface area is 128 Å². The van der Waals surface area contributed by atoms with Crippen LogP contribution in [0.4, 0.5) is 0 Å². The quantitative estimate of drug-likeness (QED) is 0.806. The third-order valence-electron chi connectivity index (χ3n) is 3.10. The Balaban J connectivity index is 2.15. The van der Waals surface area contributed by atoms with Crippen molar-refractivity contribution in [3.8, 4) is 0 Å². The molecule has 0 aliphatic carbocycles. The van der Waals surface area contributed by atoms with Crippen molar-refractivity contribution in [3.63, 3.8) is 0 Å². The molecule has 0 spiro atoms. The van der Waals surface area contributed by atoms with Gasteiger partial charge in [0.25, 0.3) is 0 Å². The molecule has 0 atom stereocenters. The molecule has 0 unspecified atom stereocenters. The minimum atomic E-state index is -3.58. The lowest BCUT2D eigenvalue weighted by atomic mass is 10.2. The van der Waals surface area contributed by atoms with E-state index in [1.807, 2.05) is 5.38 Å². The maximum atomic E-state index is 12.5. The highest BCUT2D eigenvalue weighted by molar-refractivity contribution is 7.89. The molecule has 0 aromatic carbocycles. The minimum absolute atomic E-state index is 0.243. The molecule has 116 valence electrons. The highest BCUT2D eigenvalue weighted by Crippen LogP contribution is 2.26. The largest absolute Gasteiger partial charge is 0.465 e. The monoisotopic (exact) mass is 329 g/mol. The van der Waals surface area contributed by atoms with E-state index in [1.54, 1.807) is 26.4 Å². The summed E-state index contributed by atoms with van der Waals surface area (Å²) in [5, 5.41) is 4.88. The Hall–Kier alpha value is -1.22. The molecule has 2 heterocycles. The average molecular weight is 329 g/mol. The Morgan fingerprint density at radius 3 is 2.71 bits per heavy atom. The topological polar surface area (TPSA) is 84.2 Å². The van der Waals surface area contributed by atoms with Gasteiger partial charge in [0.15, 0.2) is 0 Å². The lowest BCUT2D eigenvalue weighted by Crippen LogP contribution is -2.27. The fraction of sp³-hybridized carbons (Fsp3) is 0.462. The Morgan fingerprint density at radius 1 is 1.33 bits per heavy atom. The smallest absolute Gasteiger partial charge is 0.244 e. The molecule has 0 saturated heterocycles. The minimum Gasteiger partial charge on any atom is -0.465 e. The third-order valence-corrected chi connectivity index (χ3v) is 5.39. The van der Waals surface area contributed by atoms with Gasteiger partial charge in [-0.3, -0.25) is 0 Å². The number of aryl methyl sites for hydroxylation is 2. The van der Waals surface area contributed by atoms with Gasteiger partial charge >= 0.3 is 0 Å². The van der Waals surface area contributed by atoms with E-state index in [0.29, 0.717) is 36.6 Å². The van der Waals surface area contributed by atoms with Crippen LogP contribution in [0.25, 0.3) is 0 Å². The van der Waals surface area contributed by atoms with Gasteiger partial charge in [0.05, 0.1) is 11.2 Å². The number of sulfonamides is 1. The molecule has 0 aliphatic rings. The summed E-state index contributed by atoms with van der Waals surface area (Å²) in [7, 11) is -1.81. The van der Waals surface area contributed by atoms with E-state index in [1.165, 1.54) is 11.3 Å². The van der Waals surface area contributed by atoms with Gasteiger partial charge in [-0.1, -0.05) is 0 Å². The fourth-order valence-electron chi connectivity index (χ4n) is 2.19. The van der Waals surface area contributed by atoms with Crippen LogP contribution in [0.3, 0.4) is 0 Å². The zero-order valence-electron chi connectivity index (χ0n) is 12.3. The predicted molar refractivity (Wildman–Crippen MR) is 82.0 cm³/mol. The van der Waals surface area contributed by atoms with Gasteiger partial charge < -0.3 is 9.73 Å². The molecular weight excluding hydrogens is 310 g/mol. The van der Waals surface area contributed by atoms with Gasteiger partial charge in [0.2, 0.25) is 10.0 Å². The molecular formula is C13H19N3O3S2. The number of aromatic nitrogens is 1. The van der Waals surface area contributed by atoms with E-state index in [9.17, 15) is 8.42 Å². The van der Waals surface area contributed by atoms with Crippen molar-refractivity contribution in [1.29, 1.82) is 0 Å². The maximum absolute atomic E-state index is 12.5. The average Bonchev–Trinajstić information content (AvgIpc) is 2.99. The SMILES string of the molecule is CNCc1c(C)oc(C)c1S(=O)(=O)NCCc1cscn1. The number of rotatable bonds is 7. The third kappa shape index (κ3) is 3.70. The lowest BCUT2D eigenvalue weighted by molar-refractivity contribution is 0.493. The first kappa shape index (κ1) is 16.2. The summed E-state index contributed by atoms with van der Waals surface area (Å²) >= 11 is 1.50. The number of furan rings is 1. The Bertz CT molecular complexity index is 691. The normalized spacial score (nSPS) is 12.0. The summed E-state index contributed by atoms with van der Waals surface area (Å²) in [5.41, 5.74) is 3.30. The molecule has 0 bridgehead atoms. The molecule has 2 N–H and O–H groups in total. The molecule has 2 rings (SSSR count). The zero-order chi connectivity index (χ0) is 15.5. The highest BCUT2D eigenvalue weighted by Gasteiger charge is 2.26. The van der Waals surface area contributed by atoms with E-state index in [0.717, 1.165) is 5.69 Å². The van der Waals surface area contributed by atoms with Crippen LogP contribution in [-0.2, 0) is 23.0 Å². The molecule has 8 heteroatoms. The van der Waals surface area contributed by atoms with Crippen molar-refractivity contribution in [3.05, 3.63) is 33.7 Å². The first-order valence-corrected chi connectivity index (χ1v) is 8.98. The van der Waals surface area contributed by atoms with E-state index in [-0.39, 0.29) is 4.90 Å². The summed E-state index contributed by atoms with van der Waals surface area (Å²) < 4.78 is 33.0. The van der Waals surface area contributed by atoms with Crippen LogP contribution in [0.15, 0.2) is 20.2 Å². The maximum Gasteiger partial charge on any atom is 0.244 e. The first-order valence-electron chi connectivity index (χ1n) is 6.56. The molecule has 0 aliphatic heterocycles. The second-order valence-corrected chi connectivity index (χ2v) is 7.10. The Morgan fingerprint density at radius 2 is 2.10 bits per heavy atom. The van der Waals surface area contributed by atoms with Gasteiger partial charge in [-0.15, -0.1) is 11.3 Å². The molecule has 2 aromatic heterocycles. The van der Waals surface area contributed by atoms with Gasteiger partial charge in [0.1, 0.15) is 16.4 Å². The predicted octanol–water partition coefficient (Wildman–Crippen LogP) is 1.59. The van der Waals surface area contributed by atoms with Crippen LogP contribution in [0, 0.1) is 13.8 Å². The molecule has 21 heavy (non-hydrogen) atoms. The lowest BCUT2D eigenvalue weighted by Gasteiger charge is -2.08. The van der Waals surface area contributed by atoms with E-state index in [4.69, 9.17) is 4.42 Å². The van der Waals surface area contributed by atoms with E-state index >= 15 is 0 Å². The van der Waals surface area contributed by atoms with Gasteiger partial charge in [-0.2, -0.15) is 0 Å². The van der Waals surface area contributed by atoms with Crippen molar-refractivity contribution in [1.82, 2.24) is 15.0 Å². The number of hydrogen-bond donors (Lipinski definition) is 2. The second-order valence-electron chi connectivity index (χ2n) is 4.68. The van der Waals surface area contributed by atoms with Crippen molar-refractivity contribution in [2.45, 2.75) is 31.7 Å². The van der Waals surface area contributed by atoms with Crippen LogP contribution < -0.4 is 10.0 Å². The van der Waals surface area contributed by atoms with Crippen LogP contribution in [0.2, 0.25) is 0 Å². The van der Waals surface area contributed by atoms with Crippen molar-refractivity contribution >= 4 is 21.4 Å². The van der Waals surface area contributed by atoms with Crippen LogP contribution in [0.5, 0.6) is 0 Å². The van der Waals surface area contributed by atoms with Gasteiger partial charge in [-0.05, 0) is 20.9 Å². The number of nitrogens with zero attached hydrogens (tertiary/aromatic N) is 1. The number of thiazole rings is 1. The summed E-state index contributed by atoms with van der Waals surface area (Å²) in [6.45, 7) is 4.20. The first-order chi connectivity index (χ1) is 9.95. The second kappa shape index (κ2) is 6.69. The van der Waals surface area contributed by atoms with Crippen molar-refractivity contribution < 1.29 is 12.8 Å². The zero-order valence-corrected chi connectivity index (χ0v) is 13.9. The standard InChI is InChI=1S/C13H19N3O3S2/c1-9-12(6-14-3)13(10(2)19-9)21(17,18)16-5-4-11-7-20-8-15-11/h7-8,14,16H,4-6H2,1-3H3. The molecule has 2 aromatic rings. The van der Waals surface area contributed by atoms with Crippen LogP contribution in [-0.4, -0.2) is 27.0 Å². The van der Waals surface area contributed by atoms with Crippen LogP contribution >= 0.6 is 11.3 Å². The molecule has 6 nitrogen and oxygen atoms in total. The van der Waals surface area contributed by atoms with Crippen LogP contribution in [0.1, 0.15) is 22.8 Å². The number of nitrogens with one attached hydrogen (secondary N) is 2. The van der Waals surface area contributed by atoms with Crippen molar-refractivity contribution in [2.24, 2.45) is 0 Å². The molecule has 0 saturated carbocycles. The summed E-state index contributed by atoms with van der Waals surface area (Å²) in [6.07, 6.45) is 0.569. The Kier molecular flexibility index (Phi) is 5.15. The summed E-state index contributed by atoms with van der Waals surface area (Å²) in [6, 6.07) is 0. The molecule has 0 fully saturated rings.